The quantitative estimate of drug-likeness (QED) is 0.0882. The fraction of sp³-hybridized carbons (Fsp3) is 0.0556. The first-order chi connectivity index (χ1) is 28.6. The number of ether oxygens (including phenoxy) is 2. The van der Waals surface area contributed by atoms with Gasteiger partial charge in [-0.3, -0.25) is 4.57 Å². The number of methoxy groups -OCH3 is 2. The average molecular weight is 747 g/mol. The lowest BCUT2D eigenvalue weighted by Crippen LogP contribution is -2.31. The summed E-state index contributed by atoms with van der Waals surface area (Å²) in [6.07, 6.45) is 0. The van der Waals surface area contributed by atoms with Gasteiger partial charge < -0.3 is 9.47 Å². The number of fused-ring (bicyclic) bond motifs is 3. The molecule has 0 N–H and O–H groups in total. The van der Waals surface area contributed by atoms with Gasteiger partial charge in [0.25, 0.3) is 0 Å². The summed E-state index contributed by atoms with van der Waals surface area (Å²) in [5, 5.41) is 10.1. The molecule has 4 heteroatoms. The minimum Gasteiger partial charge on any atom is -0.497 e. The molecule has 0 aliphatic heterocycles. The zero-order valence-corrected chi connectivity index (χ0v) is 32.2. The van der Waals surface area contributed by atoms with Gasteiger partial charge in [0, 0.05) is 11.3 Å². The van der Waals surface area contributed by atoms with Crippen molar-refractivity contribution < 1.29 is 9.47 Å². The van der Waals surface area contributed by atoms with E-state index in [1.807, 2.05) is 0 Å². The number of imidazole rings is 1. The fourth-order valence-electron chi connectivity index (χ4n) is 9.48. The molecule has 0 atom stereocenters. The van der Waals surface area contributed by atoms with Crippen LogP contribution in [0.4, 0.5) is 0 Å². The Labute approximate surface area is 336 Å². The predicted molar refractivity (Wildman–Crippen MR) is 239 cm³/mol. The van der Waals surface area contributed by atoms with Crippen LogP contribution in [0.1, 0.15) is 22.3 Å². The van der Waals surface area contributed by atoms with Gasteiger partial charge in [0.15, 0.2) is 0 Å². The molecule has 10 aromatic carbocycles. The molecule has 276 valence electrons. The number of hydrogen-bond donors (Lipinski definition) is 0. The van der Waals surface area contributed by atoms with Crippen molar-refractivity contribution in [2.75, 3.05) is 14.2 Å². The summed E-state index contributed by atoms with van der Waals surface area (Å²) in [5.41, 5.74) is 7.93. The Hall–Kier alpha value is -7.43. The molecule has 0 fully saturated rings. The molecule has 0 amide bonds. The zero-order valence-electron chi connectivity index (χ0n) is 32.2. The van der Waals surface area contributed by atoms with Crippen LogP contribution in [-0.2, 0) is 5.41 Å². The van der Waals surface area contributed by atoms with Crippen LogP contribution in [-0.4, -0.2) is 23.8 Å². The molecular weight excluding hydrogens is 709 g/mol. The van der Waals surface area contributed by atoms with Crippen LogP contribution in [0.2, 0.25) is 0 Å². The first-order valence-electron chi connectivity index (χ1n) is 19.7. The van der Waals surface area contributed by atoms with Crippen molar-refractivity contribution >= 4 is 54.1 Å². The van der Waals surface area contributed by atoms with Gasteiger partial charge in [-0.25, -0.2) is 4.98 Å². The van der Waals surface area contributed by atoms with E-state index in [9.17, 15) is 0 Å². The van der Waals surface area contributed by atoms with Crippen LogP contribution in [0.5, 0.6) is 11.5 Å². The zero-order chi connectivity index (χ0) is 38.8. The van der Waals surface area contributed by atoms with Crippen molar-refractivity contribution in [3.05, 3.63) is 216 Å². The van der Waals surface area contributed by atoms with E-state index in [0.717, 1.165) is 56.3 Å². The molecule has 11 rings (SSSR count). The van der Waals surface area contributed by atoms with Crippen LogP contribution in [0.25, 0.3) is 71.2 Å². The summed E-state index contributed by atoms with van der Waals surface area (Å²) in [5.74, 6) is 2.51. The molecule has 0 saturated carbocycles. The van der Waals surface area contributed by atoms with E-state index in [0.29, 0.717) is 0 Å². The summed E-state index contributed by atoms with van der Waals surface area (Å²) in [6, 6.07) is 70.0. The largest absolute Gasteiger partial charge is 0.497 e. The smallest absolute Gasteiger partial charge is 0.145 e. The lowest BCUT2D eigenvalue weighted by Gasteiger charge is -2.37. The third-order valence-electron chi connectivity index (χ3n) is 12.1. The minimum absolute atomic E-state index is 0.748. The number of hydrogen-bond acceptors (Lipinski definition) is 3. The van der Waals surface area contributed by atoms with Gasteiger partial charge in [0.05, 0.1) is 30.7 Å². The minimum atomic E-state index is -0.748. The number of benzene rings is 10. The van der Waals surface area contributed by atoms with Crippen LogP contribution >= 0.6 is 0 Å². The van der Waals surface area contributed by atoms with E-state index in [1.54, 1.807) is 14.2 Å². The summed E-state index contributed by atoms with van der Waals surface area (Å²) in [7, 11) is 3.44. The highest BCUT2D eigenvalue weighted by Gasteiger charge is 2.39. The van der Waals surface area contributed by atoms with Crippen LogP contribution in [0, 0.1) is 0 Å². The SMILES string of the molecule is COc1ccc(C(c2ccc(OC)cc2)(c2ccc(-c3nc4ccccc4n3-c3ccccc3)cc2)c2cc3cccc4c5cccc6cccc(c(c2)c34)c65)cc1. The molecular formula is C54H38N2O2. The molecule has 11 aromatic rings. The van der Waals surface area contributed by atoms with E-state index in [1.165, 1.54) is 48.7 Å². The molecule has 0 spiro atoms. The third kappa shape index (κ3) is 5.05. The number of rotatable bonds is 8. The van der Waals surface area contributed by atoms with E-state index < -0.39 is 5.41 Å². The Morgan fingerprint density at radius 2 is 0.948 bits per heavy atom. The highest BCUT2D eigenvalue weighted by atomic mass is 16.5. The second kappa shape index (κ2) is 13.4. The lowest BCUT2D eigenvalue weighted by molar-refractivity contribution is 0.414. The average Bonchev–Trinajstić information content (AvgIpc) is 3.69. The van der Waals surface area contributed by atoms with E-state index >= 15 is 0 Å². The molecule has 0 aliphatic carbocycles. The van der Waals surface area contributed by atoms with Gasteiger partial charge in [-0.1, -0.05) is 133 Å². The molecule has 1 aromatic heterocycles. The standard InChI is InChI=1S/C54H38N2O2/c1-57-43-29-25-39(26-30-43)54(40-27-31-44(58-2)32-28-40,38-23-21-36(22-24-38)53-55-49-19-6-7-20-50(49)56(53)42-14-4-3-5-15-42)41-33-37-13-10-17-46-45-16-8-11-35-12-9-18-47(51(35)45)48(34-41)52(37)46/h3-34H,1-2H3. The van der Waals surface area contributed by atoms with Gasteiger partial charge in [-0.15, -0.1) is 0 Å². The Balaban J connectivity index is 1.22. The molecule has 4 nitrogen and oxygen atoms in total. The number of para-hydroxylation sites is 3. The van der Waals surface area contributed by atoms with Gasteiger partial charge in [-0.05, 0) is 126 Å². The van der Waals surface area contributed by atoms with Gasteiger partial charge >= 0.3 is 0 Å². The Morgan fingerprint density at radius 3 is 1.55 bits per heavy atom. The molecule has 1 heterocycles. The van der Waals surface area contributed by atoms with E-state index in [-0.39, 0.29) is 0 Å². The maximum absolute atomic E-state index is 5.72. The lowest BCUT2D eigenvalue weighted by atomic mass is 9.64. The van der Waals surface area contributed by atoms with Crippen molar-refractivity contribution in [3.8, 4) is 28.6 Å². The second-order valence-electron chi connectivity index (χ2n) is 15.0. The summed E-state index contributed by atoms with van der Waals surface area (Å²) >= 11 is 0. The maximum Gasteiger partial charge on any atom is 0.145 e. The van der Waals surface area contributed by atoms with Gasteiger partial charge in [0.2, 0.25) is 0 Å². The van der Waals surface area contributed by atoms with Crippen molar-refractivity contribution in [1.82, 2.24) is 9.55 Å². The summed E-state index contributed by atoms with van der Waals surface area (Å²) < 4.78 is 13.7. The summed E-state index contributed by atoms with van der Waals surface area (Å²) in [6.45, 7) is 0. The highest BCUT2D eigenvalue weighted by Crippen LogP contribution is 2.50. The number of nitrogens with zero attached hydrogens (tertiary/aromatic N) is 2. The van der Waals surface area contributed by atoms with Crippen LogP contribution < -0.4 is 9.47 Å². The normalized spacial score (nSPS) is 12.0. The highest BCUT2D eigenvalue weighted by molar-refractivity contribution is 6.33. The van der Waals surface area contributed by atoms with Crippen molar-refractivity contribution in [2.24, 2.45) is 0 Å². The Kier molecular flexibility index (Phi) is 7.80. The maximum atomic E-state index is 5.72. The van der Waals surface area contributed by atoms with Crippen molar-refractivity contribution in [2.45, 2.75) is 5.41 Å². The molecule has 0 aliphatic rings. The van der Waals surface area contributed by atoms with Gasteiger partial charge in [-0.2, -0.15) is 0 Å². The van der Waals surface area contributed by atoms with E-state index in [2.05, 4.69) is 199 Å². The second-order valence-corrected chi connectivity index (χ2v) is 15.0. The predicted octanol–water partition coefficient (Wildman–Crippen LogP) is 13.1. The molecule has 0 bridgehead atoms. The fourth-order valence-corrected chi connectivity index (χ4v) is 9.48. The monoisotopic (exact) mass is 746 g/mol. The van der Waals surface area contributed by atoms with Crippen LogP contribution in [0.15, 0.2) is 194 Å². The van der Waals surface area contributed by atoms with Gasteiger partial charge in [0.1, 0.15) is 17.3 Å². The summed E-state index contributed by atoms with van der Waals surface area (Å²) in [4.78, 5) is 5.21. The van der Waals surface area contributed by atoms with Crippen molar-refractivity contribution in [1.29, 1.82) is 0 Å². The number of aromatic nitrogens is 2. The first-order valence-corrected chi connectivity index (χ1v) is 19.7. The van der Waals surface area contributed by atoms with Crippen molar-refractivity contribution in [3.63, 3.8) is 0 Å². The third-order valence-corrected chi connectivity index (χ3v) is 12.1. The van der Waals surface area contributed by atoms with E-state index in [4.69, 9.17) is 14.5 Å². The Bertz CT molecular complexity index is 3220. The molecule has 0 saturated heterocycles. The topological polar surface area (TPSA) is 36.3 Å². The molecule has 58 heavy (non-hydrogen) atoms. The molecule has 0 unspecified atom stereocenters. The van der Waals surface area contributed by atoms with Crippen LogP contribution in [0.3, 0.4) is 0 Å². The Morgan fingerprint density at radius 1 is 0.431 bits per heavy atom. The first kappa shape index (κ1) is 33.9. The molecule has 0 radical (unpaired) electrons.